The molecule has 0 bridgehead atoms. The van der Waals surface area contributed by atoms with E-state index >= 15 is 0 Å². The van der Waals surface area contributed by atoms with E-state index in [9.17, 15) is 10.1 Å². The molecule has 0 aliphatic carbocycles. The summed E-state index contributed by atoms with van der Waals surface area (Å²) in [6.45, 7) is 2.51. The van der Waals surface area contributed by atoms with Crippen molar-refractivity contribution in [3.05, 3.63) is 53.1 Å². The number of urea groups is 1. The van der Waals surface area contributed by atoms with Crippen LogP contribution in [0.15, 0.2) is 42.5 Å². The Labute approximate surface area is 157 Å². The third kappa shape index (κ3) is 3.84. The largest absolute Gasteiger partial charge is 0.495 e. The van der Waals surface area contributed by atoms with Gasteiger partial charge in [-0.3, -0.25) is 0 Å². The molecule has 0 aromatic heterocycles. The number of methoxy groups -OCH3 is 1. The third-order valence-electron chi connectivity index (χ3n) is 4.34. The van der Waals surface area contributed by atoms with Crippen molar-refractivity contribution in [1.29, 1.82) is 5.26 Å². The monoisotopic (exact) mass is 370 g/mol. The highest BCUT2D eigenvalue weighted by molar-refractivity contribution is 6.32. The second kappa shape index (κ2) is 7.98. The summed E-state index contributed by atoms with van der Waals surface area (Å²) in [7, 11) is 1.55. The minimum Gasteiger partial charge on any atom is -0.495 e. The van der Waals surface area contributed by atoms with Gasteiger partial charge in [-0.1, -0.05) is 23.7 Å². The molecule has 1 aliphatic rings. The molecule has 0 atom stereocenters. The van der Waals surface area contributed by atoms with Crippen LogP contribution in [-0.2, 0) is 0 Å². The number of nitrogens with one attached hydrogen (secondary N) is 1. The van der Waals surface area contributed by atoms with Gasteiger partial charge in [-0.15, -0.1) is 0 Å². The number of para-hydroxylation sites is 1. The summed E-state index contributed by atoms with van der Waals surface area (Å²) in [5, 5.41) is 12.5. The van der Waals surface area contributed by atoms with Crippen LogP contribution < -0.4 is 15.0 Å². The Morgan fingerprint density at radius 3 is 2.58 bits per heavy atom. The Morgan fingerprint density at radius 1 is 1.19 bits per heavy atom. The van der Waals surface area contributed by atoms with Gasteiger partial charge in [-0.2, -0.15) is 5.26 Å². The molecular formula is C19H19ClN4O2. The van der Waals surface area contributed by atoms with Crippen molar-refractivity contribution in [3.63, 3.8) is 0 Å². The number of piperazine rings is 1. The molecule has 0 spiro atoms. The second-order valence-corrected chi connectivity index (χ2v) is 6.29. The number of ether oxygens (including phenoxy) is 1. The van der Waals surface area contributed by atoms with Crippen LogP contribution in [-0.4, -0.2) is 44.2 Å². The lowest BCUT2D eigenvalue weighted by Gasteiger charge is -2.36. The summed E-state index contributed by atoms with van der Waals surface area (Å²) in [4.78, 5) is 16.4. The summed E-state index contributed by atoms with van der Waals surface area (Å²) < 4.78 is 5.11. The van der Waals surface area contributed by atoms with Gasteiger partial charge in [0.25, 0.3) is 0 Å². The fourth-order valence-electron chi connectivity index (χ4n) is 2.94. The number of halogens is 1. The van der Waals surface area contributed by atoms with Crippen LogP contribution >= 0.6 is 11.6 Å². The first-order chi connectivity index (χ1) is 12.6. The number of carbonyl (C=O) groups is 1. The number of nitriles is 1. The van der Waals surface area contributed by atoms with E-state index in [4.69, 9.17) is 16.3 Å². The van der Waals surface area contributed by atoms with Crippen LogP contribution in [0.5, 0.6) is 5.75 Å². The van der Waals surface area contributed by atoms with Crippen LogP contribution in [0.3, 0.4) is 0 Å². The van der Waals surface area contributed by atoms with Gasteiger partial charge in [0.15, 0.2) is 0 Å². The van der Waals surface area contributed by atoms with Gasteiger partial charge in [0.05, 0.1) is 23.4 Å². The molecule has 1 heterocycles. The molecule has 0 radical (unpaired) electrons. The lowest BCUT2D eigenvalue weighted by atomic mass is 10.1. The highest BCUT2D eigenvalue weighted by atomic mass is 35.5. The summed E-state index contributed by atoms with van der Waals surface area (Å²) in [5.41, 5.74) is 2.19. The first kappa shape index (κ1) is 17.9. The quantitative estimate of drug-likeness (QED) is 0.896. The lowest BCUT2D eigenvalue weighted by Crippen LogP contribution is -2.50. The highest BCUT2D eigenvalue weighted by Gasteiger charge is 2.22. The number of amides is 2. The predicted molar refractivity (Wildman–Crippen MR) is 102 cm³/mol. The standard InChI is InChI=1S/C19H19ClN4O2/c1-26-18-7-6-15(12-16(18)20)22-19(25)24-10-8-23(9-11-24)17-5-3-2-4-14(17)13-21/h2-7,12H,8-11H2,1H3,(H,22,25). The van der Waals surface area contributed by atoms with Crippen LogP contribution in [0.25, 0.3) is 0 Å². The van der Waals surface area contributed by atoms with Gasteiger partial charge in [-0.25, -0.2) is 4.79 Å². The van der Waals surface area contributed by atoms with Crippen molar-refractivity contribution in [2.45, 2.75) is 0 Å². The van der Waals surface area contributed by atoms with Crippen molar-refractivity contribution in [1.82, 2.24) is 4.90 Å². The zero-order chi connectivity index (χ0) is 18.5. The first-order valence-electron chi connectivity index (χ1n) is 8.26. The average Bonchev–Trinajstić information content (AvgIpc) is 2.68. The second-order valence-electron chi connectivity index (χ2n) is 5.88. The van der Waals surface area contributed by atoms with Crippen LogP contribution in [0, 0.1) is 11.3 Å². The van der Waals surface area contributed by atoms with Crippen molar-refractivity contribution in [3.8, 4) is 11.8 Å². The Hall–Kier alpha value is -2.91. The number of anilines is 2. The van der Waals surface area contributed by atoms with E-state index in [2.05, 4.69) is 16.3 Å². The number of carbonyl (C=O) groups excluding carboxylic acids is 1. The minimum absolute atomic E-state index is 0.167. The fraction of sp³-hybridized carbons (Fsp3) is 0.263. The molecule has 3 rings (SSSR count). The normalized spacial score (nSPS) is 13.9. The lowest BCUT2D eigenvalue weighted by molar-refractivity contribution is 0.208. The van der Waals surface area contributed by atoms with Crippen molar-refractivity contribution in [2.75, 3.05) is 43.5 Å². The van der Waals surface area contributed by atoms with Gasteiger partial charge in [0.1, 0.15) is 11.8 Å². The smallest absolute Gasteiger partial charge is 0.321 e. The van der Waals surface area contributed by atoms with E-state index in [1.165, 1.54) is 0 Å². The molecule has 1 saturated heterocycles. The van der Waals surface area contributed by atoms with Crippen molar-refractivity contribution >= 4 is 29.0 Å². The van der Waals surface area contributed by atoms with E-state index in [1.54, 1.807) is 30.2 Å². The minimum atomic E-state index is -0.167. The molecule has 1 fully saturated rings. The van der Waals surface area contributed by atoms with E-state index in [1.807, 2.05) is 24.3 Å². The molecular weight excluding hydrogens is 352 g/mol. The molecule has 0 saturated carbocycles. The topological polar surface area (TPSA) is 68.6 Å². The summed E-state index contributed by atoms with van der Waals surface area (Å²) in [6.07, 6.45) is 0. The molecule has 1 N–H and O–H groups in total. The number of hydrogen-bond acceptors (Lipinski definition) is 4. The fourth-order valence-corrected chi connectivity index (χ4v) is 3.20. The number of hydrogen-bond donors (Lipinski definition) is 1. The van der Waals surface area contributed by atoms with Gasteiger partial charge in [-0.05, 0) is 30.3 Å². The van der Waals surface area contributed by atoms with E-state index in [-0.39, 0.29) is 6.03 Å². The summed E-state index contributed by atoms with van der Waals surface area (Å²) >= 11 is 6.09. The average molecular weight is 371 g/mol. The van der Waals surface area contributed by atoms with Gasteiger partial charge in [0, 0.05) is 31.9 Å². The summed E-state index contributed by atoms with van der Waals surface area (Å²) in [5.74, 6) is 0.564. The third-order valence-corrected chi connectivity index (χ3v) is 4.63. The van der Waals surface area contributed by atoms with Crippen LogP contribution in [0.1, 0.15) is 5.56 Å². The molecule has 1 aliphatic heterocycles. The zero-order valence-electron chi connectivity index (χ0n) is 14.4. The zero-order valence-corrected chi connectivity index (χ0v) is 15.2. The molecule has 0 unspecified atom stereocenters. The number of nitrogens with zero attached hydrogens (tertiary/aromatic N) is 3. The molecule has 2 aromatic rings. The van der Waals surface area contributed by atoms with Gasteiger partial charge >= 0.3 is 6.03 Å². The Bertz CT molecular complexity index is 842. The molecule has 7 heteroatoms. The number of rotatable bonds is 3. The molecule has 6 nitrogen and oxygen atoms in total. The molecule has 26 heavy (non-hydrogen) atoms. The molecule has 2 amide bonds. The first-order valence-corrected chi connectivity index (χ1v) is 8.63. The Kier molecular flexibility index (Phi) is 5.49. The molecule has 134 valence electrons. The predicted octanol–water partition coefficient (Wildman–Crippen LogP) is 3.57. The van der Waals surface area contributed by atoms with Crippen LogP contribution in [0.2, 0.25) is 5.02 Å². The van der Waals surface area contributed by atoms with E-state index in [0.717, 1.165) is 5.69 Å². The van der Waals surface area contributed by atoms with E-state index < -0.39 is 0 Å². The summed E-state index contributed by atoms with van der Waals surface area (Å²) in [6, 6.07) is 14.7. The SMILES string of the molecule is COc1ccc(NC(=O)N2CCN(c3ccccc3C#N)CC2)cc1Cl. The maximum absolute atomic E-state index is 12.5. The highest BCUT2D eigenvalue weighted by Crippen LogP contribution is 2.27. The molecule has 2 aromatic carbocycles. The van der Waals surface area contributed by atoms with Crippen molar-refractivity contribution in [2.24, 2.45) is 0 Å². The van der Waals surface area contributed by atoms with Crippen molar-refractivity contribution < 1.29 is 9.53 Å². The van der Waals surface area contributed by atoms with Gasteiger partial charge in [0.2, 0.25) is 0 Å². The Balaban J connectivity index is 1.60. The van der Waals surface area contributed by atoms with Crippen LogP contribution in [0.4, 0.5) is 16.2 Å². The maximum Gasteiger partial charge on any atom is 0.321 e. The maximum atomic E-state index is 12.5. The van der Waals surface area contributed by atoms with E-state index in [0.29, 0.717) is 48.2 Å². The Morgan fingerprint density at radius 2 is 1.92 bits per heavy atom. The van der Waals surface area contributed by atoms with Gasteiger partial charge < -0.3 is 19.9 Å². The number of benzene rings is 2.